The first-order valence-corrected chi connectivity index (χ1v) is 10.7. The average Bonchev–Trinajstić information content (AvgIpc) is 2.69. The van der Waals surface area contributed by atoms with E-state index in [1.165, 1.54) is 4.90 Å². The Morgan fingerprint density at radius 3 is 2.33 bits per heavy atom. The number of hydrogen-bond donors (Lipinski definition) is 1. The molecule has 2 aromatic carbocycles. The van der Waals surface area contributed by atoms with E-state index in [-0.39, 0.29) is 25.0 Å². The molecule has 1 atom stereocenters. The molecule has 5 nitrogen and oxygen atoms in total. The van der Waals surface area contributed by atoms with E-state index in [9.17, 15) is 9.59 Å². The zero-order valence-electron chi connectivity index (χ0n) is 17.8. The summed E-state index contributed by atoms with van der Waals surface area (Å²) in [5, 5.41) is 3.68. The largest absolute Gasteiger partial charge is 0.484 e. The molecular weight excluding hydrogens is 423 g/mol. The highest BCUT2D eigenvalue weighted by Gasteiger charge is 2.26. The van der Waals surface area contributed by atoms with E-state index in [1.807, 2.05) is 39.0 Å². The highest BCUT2D eigenvalue weighted by atomic mass is 35.5. The Kier molecular flexibility index (Phi) is 9.00. The summed E-state index contributed by atoms with van der Waals surface area (Å²) in [5.74, 6) is 0.120. The molecule has 7 heteroatoms. The average molecular weight is 451 g/mol. The third kappa shape index (κ3) is 6.92. The monoisotopic (exact) mass is 450 g/mol. The lowest BCUT2D eigenvalue weighted by molar-refractivity contribution is -0.142. The number of benzene rings is 2. The number of ether oxygens (including phenoxy) is 1. The summed E-state index contributed by atoms with van der Waals surface area (Å²) >= 11 is 12.1. The Balaban J connectivity index is 2.18. The number of carbonyl (C=O) groups excluding carboxylic acids is 2. The molecule has 0 radical (unpaired) electrons. The lowest BCUT2D eigenvalue weighted by Crippen LogP contribution is -2.49. The second kappa shape index (κ2) is 11.2. The van der Waals surface area contributed by atoms with E-state index in [0.29, 0.717) is 22.3 Å². The normalized spacial score (nSPS) is 11.7. The third-order valence-corrected chi connectivity index (χ3v) is 5.35. The number of nitrogens with zero attached hydrogens (tertiary/aromatic N) is 1. The van der Waals surface area contributed by atoms with Gasteiger partial charge in [0.2, 0.25) is 5.91 Å². The fourth-order valence-electron chi connectivity index (χ4n) is 3.06. The molecule has 0 spiro atoms. The fraction of sp³-hybridized carbons (Fsp3) is 0.391. The van der Waals surface area contributed by atoms with Crippen molar-refractivity contribution in [3.63, 3.8) is 0 Å². The van der Waals surface area contributed by atoms with E-state index in [1.54, 1.807) is 25.1 Å². The molecule has 30 heavy (non-hydrogen) atoms. The Labute approximate surface area is 188 Å². The third-order valence-electron chi connectivity index (χ3n) is 4.61. The first-order valence-electron chi connectivity index (χ1n) is 9.93. The van der Waals surface area contributed by atoms with Crippen molar-refractivity contribution in [2.75, 3.05) is 13.2 Å². The van der Waals surface area contributed by atoms with E-state index in [0.717, 1.165) is 23.1 Å². The Morgan fingerprint density at radius 2 is 1.73 bits per heavy atom. The summed E-state index contributed by atoms with van der Waals surface area (Å²) in [6.07, 6.45) is 0.815. The van der Waals surface area contributed by atoms with Crippen LogP contribution in [0.3, 0.4) is 0 Å². The van der Waals surface area contributed by atoms with Gasteiger partial charge in [0, 0.05) is 13.1 Å². The number of halogens is 2. The maximum atomic E-state index is 13.0. The molecule has 0 aliphatic carbocycles. The molecule has 0 fully saturated rings. The molecule has 2 aromatic rings. The van der Waals surface area contributed by atoms with Crippen molar-refractivity contribution in [3.8, 4) is 5.75 Å². The van der Waals surface area contributed by atoms with Crippen LogP contribution in [0.15, 0.2) is 36.4 Å². The number of aryl methyl sites for hydroxylation is 2. The quantitative estimate of drug-likeness (QED) is 0.588. The standard InChI is InChI=1S/C23H28Cl2N2O3/c1-5-8-26-23(29)17(4)27(13-18-6-7-20(24)21(25)12-18)22(28)14-30-19-10-15(2)9-16(3)11-19/h6-7,9-12,17H,5,8,13-14H2,1-4H3,(H,26,29)/t17-/m0/s1. The lowest BCUT2D eigenvalue weighted by atomic mass is 10.1. The van der Waals surface area contributed by atoms with Gasteiger partial charge >= 0.3 is 0 Å². The van der Waals surface area contributed by atoms with Crippen molar-refractivity contribution < 1.29 is 14.3 Å². The fourth-order valence-corrected chi connectivity index (χ4v) is 3.38. The van der Waals surface area contributed by atoms with E-state index < -0.39 is 6.04 Å². The van der Waals surface area contributed by atoms with Gasteiger partial charge in [-0.1, -0.05) is 42.3 Å². The maximum Gasteiger partial charge on any atom is 0.261 e. The molecule has 0 unspecified atom stereocenters. The highest BCUT2D eigenvalue weighted by molar-refractivity contribution is 6.42. The number of amides is 2. The van der Waals surface area contributed by atoms with Crippen molar-refractivity contribution in [2.45, 2.75) is 46.7 Å². The summed E-state index contributed by atoms with van der Waals surface area (Å²) in [5.41, 5.74) is 2.88. The molecule has 0 bridgehead atoms. The molecular formula is C23H28Cl2N2O3. The Bertz CT molecular complexity index is 882. The topological polar surface area (TPSA) is 58.6 Å². The Hall–Kier alpha value is -2.24. The van der Waals surface area contributed by atoms with Crippen LogP contribution in [0, 0.1) is 13.8 Å². The summed E-state index contributed by atoms with van der Waals surface area (Å²) in [4.78, 5) is 27.0. The van der Waals surface area contributed by atoms with Crippen LogP contribution in [-0.4, -0.2) is 35.9 Å². The predicted octanol–water partition coefficient (Wildman–Crippen LogP) is 4.93. The maximum absolute atomic E-state index is 13.0. The molecule has 2 amide bonds. The summed E-state index contributed by atoms with van der Waals surface area (Å²) in [6.45, 7) is 8.22. The van der Waals surface area contributed by atoms with Gasteiger partial charge in [0.05, 0.1) is 10.0 Å². The number of rotatable bonds is 9. The molecule has 1 N–H and O–H groups in total. The SMILES string of the molecule is CCCNC(=O)[C@H](C)N(Cc1ccc(Cl)c(Cl)c1)C(=O)COc1cc(C)cc(C)c1. The minimum atomic E-state index is -0.665. The van der Waals surface area contributed by atoms with Gasteiger partial charge in [-0.15, -0.1) is 0 Å². The van der Waals surface area contributed by atoms with E-state index >= 15 is 0 Å². The second-order valence-corrected chi connectivity index (χ2v) is 8.16. The van der Waals surface area contributed by atoms with Crippen LogP contribution in [0.25, 0.3) is 0 Å². The van der Waals surface area contributed by atoms with Crippen LogP contribution in [-0.2, 0) is 16.1 Å². The van der Waals surface area contributed by atoms with Crippen molar-refractivity contribution >= 4 is 35.0 Å². The van der Waals surface area contributed by atoms with E-state index in [4.69, 9.17) is 27.9 Å². The number of hydrogen-bond acceptors (Lipinski definition) is 3. The van der Waals surface area contributed by atoms with Crippen molar-refractivity contribution in [3.05, 3.63) is 63.1 Å². The summed E-state index contributed by atoms with van der Waals surface area (Å²) in [6, 6.07) is 10.3. The van der Waals surface area contributed by atoms with Crippen LogP contribution in [0.2, 0.25) is 10.0 Å². The van der Waals surface area contributed by atoms with Crippen LogP contribution in [0.4, 0.5) is 0 Å². The molecule has 0 aliphatic heterocycles. The molecule has 162 valence electrons. The van der Waals surface area contributed by atoms with Crippen molar-refractivity contribution in [1.29, 1.82) is 0 Å². The van der Waals surface area contributed by atoms with Crippen LogP contribution in [0.1, 0.15) is 37.0 Å². The van der Waals surface area contributed by atoms with Crippen LogP contribution >= 0.6 is 23.2 Å². The van der Waals surface area contributed by atoms with Crippen LogP contribution in [0.5, 0.6) is 5.75 Å². The Morgan fingerprint density at radius 1 is 1.07 bits per heavy atom. The molecule has 0 saturated heterocycles. The smallest absolute Gasteiger partial charge is 0.261 e. The van der Waals surface area contributed by atoms with Gasteiger partial charge in [0.1, 0.15) is 11.8 Å². The molecule has 0 saturated carbocycles. The van der Waals surface area contributed by atoms with Crippen LogP contribution < -0.4 is 10.1 Å². The zero-order valence-corrected chi connectivity index (χ0v) is 19.3. The highest BCUT2D eigenvalue weighted by Crippen LogP contribution is 2.24. The molecule has 0 heterocycles. The molecule has 2 rings (SSSR count). The molecule has 0 aromatic heterocycles. The first-order chi connectivity index (χ1) is 14.2. The zero-order chi connectivity index (χ0) is 22.3. The summed E-state index contributed by atoms with van der Waals surface area (Å²) < 4.78 is 5.73. The molecule has 0 aliphatic rings. The minimum Gasteiger partial charge on any atom is -0.484 e. The van der Waals surface area contributed by atoms with Gasteiger partial charge in [-0.25, -0.2) is 0 Å². The van der Waals surface area contributed by atoms with Crippen molar-refractivity contribution in [1.82, 2.24) is 10.2 Å². The number of nitrogens with one attached hydrogen (secondary N) is 1. The minimum absolute atomic E-state index is 0.171. The first kappa shape index (κ1) is 24.0. The van der Waals surface area contributed by atoms with Gasteiger partial charge in [-0.2, -0.15) is 0 Å². The summed E-state index contributed by atoms with van der Waals surface area (Å²) in [7, 11) is 0. The van der Waals surface area contributed by atoms with Crippen molar-refractivity contribution in [2.24, 2.45) is 0 Å². The van der Waals surface area contributed by atoms with Gasteiger partial charge < -0.3 is 15.0 Å². The number of carbonyl (C=O) groups is 2. The van der Waals surface area contributed by atoms with Gasteiger partial charge in [0.15, 0.2) is 6.61 Å². The lowest BCUT2D eigenvalue weighted by Gasteiger charge is -2.29. The van der Waals surface area contributed by atoms with Gasteiger partial charge in [-0.05, 0) is 68.1 Å². The second-order valence-electron chi connectivity index (χ2n) is 7.35. The van der Waals surface area contributed by atoms with Gasteiger partial charge in [0.25, 0.3) is 5.91 Å². The predicted molar refractivity (Wildman–Crippen MR) is 121 cm³/mol. The van der Waals surface area contributed by atoms with Gasteiger partial charge in [-0.3, -0.25) is 9.59 Å². The van der Waals surface area contributed by atoms with E-state index in [2.05, 4.69) is 5.32 Å².